The van der Waals surface area contributed by atoms with Gasteiger partial charge in [0.25, 0.3) is 0 Å². The lowest BCUT2D eigenvalue weighted by molar-refractivity contribution is 0.0987. The second kappa shape index (κ2) is 7.36. The van der Waals surface area contributed by atoms with Gasteiger partial charge in [0, 0.05) is 58.8 Å². The van der Waals surface area contributed by atoms with Crippen molar-refractivity contribution in [1.82, 2.24) is 29.9 Å². The Morgan fingerprint density at radius 3 is 2.94 bits per heavy atom. The van der Waals surface area contributed by atoms with Gasteiger partial charge in [-0.2, -0.15) is 0 Å². The molecule has 1 fully saturated rings. The fraction of sp³-hybridized carbons (Fsp3) is 0.227. The third-order valence-corrected chi connectivity index (χ3v) is 6.57. The van der Waals surface area contributed by atoms with E-state index >= 15 is 0 Å². The van der Waals surface area contributed by atoms with Crippen LogP contribution in [-0.2, 0) is 4.74 Å². The second-order valence-electron chi connectivity index (χ2n) is 7.54. The Morgan fingerprint density at radius 2 is 2.06 bits per heavy atom. The van der Waals surface area contributed by atoms with Gasteiger partial charge in [-0.05, 0) is 19.1 Å². The van der Waals surface area contributed by atoms with Crippen LogP contribution in [0.15, 0.2) is 48.6 Å². The van der Waals surface area contributed by atoms with E-state index in [4.69, 9.17) is 14.7 Å². The van der Waals surface area contributed by atoms with Crippen LogP contribution in [0.3, 0.4) is 0 Å². The number of hydrogen-bond donors (Lipinski definition) is 1. The number of thiophene rings is 1. The van der Waals surface area contributed by atoms with Crippen molar-refractivity contribution in [3.63, 3.8) is 0 Å². The molecule has 0 radical (unpaired) electrons. The number of aromatic nitrogens is 6. The molecule has 1 saturated heterocycles. The first-order valence-electron chi connectivity index (χ1n) is 10.1. The van der Waals surface area contributed by atoms with Crippen LogP contribution in [0, 0.1) is 0 Å². The van der Waals surface area contributed by atoms with Crippen molar-refractivity contribution in [2.75, 3.05) is 24.7 Å². The monoisotopic (exact) mass is 429 g/mol. The lowest BCUT2D eigenvalue weighted by Crippen LogP contribution is -2.44. The molecule has 5 aromatic rings. The van der Waals surface area contributed by atoms with E-state index in [0.29, 0.717) is 19.0 Å². The first-order chi connectivity index (χ1) is 15.3. The van der Waals surface area contributed by atoms with E-state index in [1.54, 1.807) is 23.9 Å². The molecule has 0 spiro atoms. The summed E-state index contributed by atoms with van der Waals surface area (Å²) in [6.45, 7) is 4.34. The predicted molar refractivity (Wildman–Crippen MR) is 121 cm³/mol. The molecule has 0 bridgehead atoms. The maximum atomic E-state index is 5.67. The number of morpholine rings is 1. The molecule has 0 aromatic carbocycles. The number of pyridine rings is 1. The molecule has 9 heteroatoms. The Labute approximate surface area is 182 Å². The van der Waals surface area contributed by atoms with Gasteiger partial charge >= 0.3 is 0 Å². The molecule has 6 rings (SSSR count). The van der Waals surface area contributed by atoms with Crippen LogP contribution in [0.4, 0.5) is 5.82 Å². The van der Waals surface area contributed by atoms with E-state index < -0.39 is 0 Å². The van der Waals surface area contributed by atoms with Gasteiger partial charge in [0.1, 0.15) is 12.0 Å². The zero-order chi connectivity index (χ0) is 20.8. The maximum absolute atomic E-state index is 5.67. The fourth-order valence-electron chi connectivity index (χ4n) is 4.06. The summed E-state index contributed by atoms with van der Waals surface area (Å²) < 4.78 is 6.74. The zero-order valence-corrected chi connectivity index (χ0v) is 17.6. The third-order valence-electron chi connectivity index (χ3n) is 5.61. The molecule has 31 heavy (non-hydrogen) atoms. The average Bonchev–Trinajstić information content (AvgIpc) is 3.46. The highest BCUT2D eigenvalue weighted by molar-refractivity contribution is 7.18. The number of rotatable bonds is 3. The summed E-state index contributed by atoms with van der Waals surface area (Å²) in [5, 5.41) is 3.12. The number of ether oxygens (including phenoxy) is 1. The van der Waals surface area contributed by atoms with E-state index in [1.165, 1.54) is 0 Å². The van der Waals surface area contributed by atoms with Crippen molar-refractivity contribution < 1.29 is 4.74 Å². The van der Waals surface area contributed by atoms with Crippen LogP contribution < -0.4 is 4.90 Å². The minimum Gasteiger partial charge on any atom is -0.377 e. The molecular weight excluding hydrogens is 410 g/mol. The van der Waals surface area contributed by atoms with Gasteiger partial charge in [-0.3, -0.25) is 0 Å². The molecule has 1 N–H and O–H groups in total. The van der Waals surface area contributed by atoms with Crippen molar-refractivity contribution >= 4 is 38.4 Å². The number of nitrogens with zero attached hydrogens (tertiary/aromatic N) is 6. The summed E-state index contributed by atoms with van der Waals surface area (Å²) in [5.41, 5.74) is 4.66. The van der Waals surface area contributed by atoms with Crippen LogP contribution >= 0.6 is 11.3 Å². The molecule has 154 valence electrons. The maximum Gasteiger partial charge on any atom is 0.163 e. The number of H-pyrrole nitrogens is 1. The molecule has 5 aromatic heterocycles. The normalized spacial score (nSPS) is 16.9. The van der Waals surface area contributed by atoms with Gasteiger partial charge in [-0.25, -0.2) is 24.9 Å². The summed E-state index contributed by atoms with van der Waals surface area (Å²) in [6.07, 6.45) is 8.87. The van der Waals surface area contributed by atoms with E-state index in [9.17, 15) is 0 Å². The lowest BCUT2D eigenvalue weighted by Gasteiger charge is -2.34. The molecular formula is C22H19N7OS. The van der Waals surface area contributed by atoms with Gasteiger partial charge in [0.2, 0.25) is 0 Å². The Bertz CT molecular complexity index is 1380. The van der Waals surface area contributed by atoms with Crippen molar-refractivity contribution in [2.45, 2.75) is 13.0 Å². The third kappa shape index (κ3) is 3.05. The number of fused-ring (bicyclic) bond motifs is 2. The van der Waals surface area contributed by atoms with Crippen LogP contribution in [-0.4, -0.2) is 55.7 Å². The summed E-state index contributed by atoms with van der Waals surface area (Å²) >= 11 is 1.66. The number of hydrogen-bond acceptors (Lipinski definition) is 8. The minimum absolute atomic E-state index is 0.232. The quantitative estimate of drug-likeness (QED) is 0.465. The molecule has 8 nitrogen and oxygen atoms in total. The Morgan fingerprint density at radius 1 is 1.16 bits per heavy atom. The summed E-state index contributed by atoms with van der Waals surface area (Å²) in [7, 11) is 0. The largest absolute Gasteiger partial charge is 0.377 e. The number of aromatic amines is 1. The smallest absolute Gasteiger partial charge is 0.163 e. The van der Waals surface area contributed by atoms with Crippen LogP contribution in [0.1, 0.15) is 6.92 Å². The standard InChI is InChI=1S/C22H19N7OS/c1-13-10-30-7-6-29(13)22-19-18(17(11-31-19)14-8-23-12-24-9-14)27-21(28-22)16-3-5-26-20-15(16)2-4-25-20/h2-5,8-9,11-13H,6-7,10H2,1H3,(H,25,26)/t13-/m1/s1. The molecule has 0 aliphatic carbocycles. The minimum atomic E-state index is 0.232. The topological polar surface area (TPSA) is 92.7 Å². The van der Waals surface area contributed by atoms with E-state index in [0.717, 1.165) is 50.3 Å². The van der Waals surface area contributed by atoms with Crippen LogP contribution in [0.2, 0.25) is 0 Å². The van der Waals surface area contributed by atoms with Crippen LogP contribution in [0.25, 0.3) is 43.8 Å². The fourth-order valence-corrected chi connectivity index (χ4v) is 5.08. The highest BCUT2D eigenvalue weighted by Gasteiger charge is 2.26. The first kappa shape index (κ1) is 18.3. The summed E-state index contributed by atoms with van der Waals surface area (Å²) in [6, 6.07) is 4.22. The average molecular weight is 430 g/mol. The number of anilines is 1. The highest BCUT2D eigenvalue weighted by atomic mass is 32.1. The lowest BCUT2D eigenvalue weighted by atomic mass is 10.1. The van der Waals surface area contributed by atoms with Gasteiger partial charge in [0.15, 0.2) is 11.6 Å². The summed E-state index contributed by atoms with van der Waals surface area (Å²) in [5.74, 6) is 1.63. The SMILES string of the molecule is C[C@@H]1COCCN1c1nc(-c2ccnc3[nH]ccc23)nc2c(-c3cncnc3)csc12. The van der Waals surface area contributed by atoms with Crippen molar-refractivity contribution in [1.29, 1.82) is 0 Å². The van der Waals surface area contributed by atoms with Crippen molar-refractivity contribution in [3.8, 4) is 22.5 Å². The molecule has 0 unspecified atom stereocenters. The molecule has 1 aliphatic rings. The van der Waals surface area contributed by atoms with Crippen molar-refractivity contribution in [2.24, 2.45) is 0 Å². The molecule has 0 saturated carbocycles. The Kier molecular flexibility index (Phi) is 4.36. The van der Waals surface area contributed by atoms with Crippen LogP contribution in [0.5, 0.6) is 0 Å². The molecule has 0 amide bonds. The zero-order valence-electron chi connectivity index (χ0n) is 16.8. The van der Waals surface area contributed by atoms with Gasteiger partial charge in [0.05, 0.1) is 29.5 Å². The molecule has 1 atom stereocenters. The van der Waals surface area contributed by atoms with E-state index in [2.05, 4.69) is 37.1 Å². The highest BCUT2D eigenvalue weighted by Crippen LogP contribution is 2.40. The Hall–Kier alpha value is -3.43. The summed E-state index contributed by atoms with van der Waals surface area (Å²) in [4.78, 5) is 28.4. The Balaban J connectivity index is 1.63. The molecule has 6 heterocycles. The van der Waals surface area contributed by atoms with E-state index in [-0.39, 0.29) is 6.04 Å². The molecule has 1 aliphatic heterocycles. The predicted octanol–water partition coefficient (Wildman–Crippen LogP) is 3.92. The van der Waals surface area contributed by atoms with Gasteiger partial charge < -0.3 is 14.6 Å². The second-order valence-corrected chi connectivity index (χ2v) is 8.42. The number of nitrogens with one attached hydrogen (secondary N) is 1. The van der Waals surface area contributed by atoms with Gasteiger partial charge in [-0.15, -0.1) is 11.3 Å². The van der Waals surface area contributed by atoms with E-state index in [1.807, 2.05) is 30.7 Å². The first-order valence-corrected chi connectivity index (χ1v) is 11.0. The van der Waals surface area contributed by atoms with Gasteiger partial charge in [-0.1, -0.05) is 0 Å². The van der Waals surface area contributed by atoms with Crippen molar-refractivity contribution in [3.05, 3.63) is 48.6 Å².